The van der Waals surface area contributed by atoms with Crippen LogP contribution in [0.2, 0.25) is 0 Å². The summed E-state index contributed by atoms with van der Waals surface area (Å²) >= 11 is 0. The number of nitrogens with zero attached hydrogens (tertiary/aromatic N) is 4. The summed E-state index contributed by atoms with van der Waals surface area (Å²) in [5.74, 6) is 0.524. The molecule has 4 rings (SSSR count). The van der Waals surface area contributed by atoms with Crippen molar-refractivity contribution in [2.24, 2.45) is 5.10 Å². The Labute approximate surface area is 225 Å². The molecule has 0 spiro atoms. The summed E-state index contributed by atoms with van der Waals surface area (Å²) in [5.41, 5.74) is 3.89. The zero-order valence-corrected chi connectivity index (χ0v) is 22.9. The normalized spacial score (nSPS) is 17.9. The molecule has 1 atom stereocenters. The van der Waals surface area contributed by atoms with E-state index in [1.54, 1.807) is 17.0 Å². The van der Waals surface area contributed by atoms with Crippen LogP contribution in [0.25, 0.3) is 0 Å². The Bertz CT molecular complexity index is 1130. The van der Waals surface area contributed by atoms with Gasteiger partial charge in [-0.2, -0.15) is 5.10 Å². The summed E-state index contributed by atoms with van der Waals surface area (Å²) in [4.78, 5) is 30.7. The van der Waals surface area contributed by atoms with E-state index in [-0.39, 0.29) is 30.6 Å². The molecule has 2 aliphatic rings. The summed E-state index contributed by atoms with van der Waals surface area (Å²) < 4.78 is 10.8. The van der Waals surface area contributed by atoms with Gasteiger partial charge < -0.3 is 19.7 Å². The first kappa shape index (κ1) is 27.6. The summed E-state index contributed by atoms with van der Waals surface area (Å²) in [6.45, 7) is 9.96. The molecule has 0 aliphatic carbocycles. The van der Waals surface area contributed by atoms with E-state index in [0.717, 1.165) is 41.2 Å². The highest BCUT2D eigenvalue weighted by Crippen LogP contribution is 2.33. The Balaban J connectivity index is 1.57. The van der Waals surface area contributed by atoms with Gasteiger partial charge in [-0.15, -0.1) is 0 Å². The minimum absolute atomic E-state index is 0.0340. The second-order valence-electron chi connectivity index (χ2n) is 10.1. The number of ether oxygens (including phenoxy) is 2. The van der Waals surface area contributed by atoms with Gasteiger partial charge in [-0.25, -0.2) is 9.80 Å². The highest BCUT2D eigenvalue weighted by Gasteiger charge is 2.34. The molecule has 3 amide bonds. The lowest BCUT2D eigenvalue weighted by Gasteiger charge is -2.31. The zero-order chi connectivity index (χ0) is 27.1. The van der Waals surface area contributed by atoms with E-state index in [0.29, 0.717) is 32.7 Å². The molecule has 9 heteroatoms. The fourth-order valence-electron chi connectivity index (χ4n) is 4.68. The fourth-order valence-corrected chi connectivity index (χ4v) is 4.68. The van der Waals surface area contributed by atoms with Crippen LogP contribution in [0.3, 0.4) is 0 Å². The zero-order valence-electron chi connectivity index (χ0n) is 22.9. The number of aryl methyl sites for hydroxylation is 1. The molecule has 38 heavy (non-hydrogen) atoms. The molecule has 1 saturated heterocycles. The standard InChI is InChI=1S/C29H39N5O4/c1-21(2)30-29(36)33(13-12-32-14-16-38-17-15-32)20-28(35)34-27(23-10-8-22(3)9-11-23)19-26(31-34)24-6-5-7-25(18-24)37-4/h5-11,18,21,27H,12-17,19-20H2,1-4H3,(H,30,36). The molecule has 1 unspecified atom stereocenters. The van der Waals surface area contributed by atoms with E-state index in [9.17, 15) is 9.59 Å². The number of urea groups is 1. The van der Waals surface area contributed by atoms with Crippen molar-refractivity contribution in [2.45, 2.75) is 39.3 Å². The van der Waals surface area contributed by atoms with Crippen LogP contribution in [0.4, 0.5) is 4.79 Å². The predicted molar refractivity (Wildman–Crippen MR) is 147 cm³/mol. The second-order valence-corrected chi connectivity index (χ2v) is 10.1. The average molecular weight is 522 g/mol. The number of benzene rings is 2. The first-order valence-corrected chi connectivity index (χ1v) is 13.3. The molecular formula is C29H39N5O4. The van der Waals surface area contributed by atoms with Gasteiger partial charge in [0.1, 0.15) is 12.3 Å². The van der Waals surface area contributed by atoms with Crippen LogP contribution < -0.4 is 10.1 Å². The summed E-state index contributed by atoms with van der Waals surface area (Å²) in [6.07, 6.45) is 0.577. The lowest BCUT2D eigenvalue weighted by Crippen LogP contribution is -2.50. The van der Waals surface area contributed by atoms with Gasteiger partial charge in [0, 0.05) is 44.2 Å². The molecule has 2 heterocycles. The van der Waals surface area contributed by atoms with Gasteiger partial charge in [-0.05, 0) is 38.5 Å². The number of carbonyl (C=O) groups excluding carboxylic acids is 2. The van der Waals surface area contributed by atoms with E-state index in [1.807, 2.05) is 69.3 Å². The third kappa shape index (κ3) is 7.11. The van der Waals surface area contributed by atoms with Crippen molar-refractivity contribution in [3.05, 3.63) is 65.2 Å². The van der Waals surface area contributed by atoms with Crippen molar-refractivity contribution < 1.29 is 19.1 Å². The van der Waals surface area contributed by atoms with Crippen molar-refractivity contribution in [2.75, 3.05) is 53.0 Å². The third-order valence-electron chi connectivity index (χ3n) is 6.85. The van der Waals surface area contributed by atoms with Crippen LogP contribution in [0.5, 0.6) is 5.75 Å². The van der Waals surface area contributed by atoms with Crippen LogP contribution in [-0.2, 0) is 9.53 Å². The minimum atomic E-state index is -0.251. The molecule has 2 aromatic carbocycles. The number of hydrogen-bond donors (Lipinski definition) is 1. The molecule has 0 bridgehead atoms. The number of amides is 3. The molecule has 1 fully saturated rings. The topological polar surface area (TPSA) is 86.7 Å². The quantitative estimate of drug-likeness (QED) is 0.546. The molecule has 1 N–H and O–H groups in total. The maximum absolute atomic E-state index is 13.8. The number of methoxy groups -OCH3 is 1. The number of hydrazone groups is 1. The Morgan fingerprint density at radius 2 is 1.89 bits per heavy atom. The Morgan fingerprint density at radius 3 is 2.58 bits per heavy atom. The largest absolute Gasteiger partial charge is 0.497 e. The van der Waals surface area contributed by atoms with Gasteiger partial charge in [0.25, 0.3) is 5.91 Å². The molecule has 0 saturated carbocycles. The Morgan fingerprint density at radius 1 is 1.16 bits per heavy atom. The smallest absolute Gasteiger partial charge is 0.318 e. The Hall–Kier alpha value is -3.43. The van der Waals surface area contributed by atoms with Crippen molar-refractivity contribution in [3.63, 3.8) is 0 Å². The molecule has 9 nitrogen and oxygen atoms in total. The number of morpholine rings is 1. The highest BCUT2D eigenvalue weighted by atomic mass is 16.5. The van der Waals surface area contributed by atoms with Gasteiger partial charge in [0.15, 0.2) is 0 Å². The summed E-state index contributed by atoms with van der Waals surface area (Å²) in [5, 5.41) is 9.30. The molecule has 2 aromatic rings. The maximum Gasteiger partial charge on any atom is 0.318 e. The van der Waals surface area contributed by atoms with Crippen molar-refractivity contribution in [1.82, 2.24) is 20.1 Å². The first-order chi connectivity index (χ1) is 18.3. The van der Waals surface area contributed by atoms with Crippen molar-refractivity contribution in [3.8, 4) is 5.75 Å². The lowest BCUT2D eigenvalue weighted by molar-refractivity contribution is -0.133. The van der Waals surface area contributed by atoms with E-state index in [4.69, 9.17) is 14.6 Å². The number of nitrogens with one attached hydrogen (secondary N) is 1. The molecule has 0 aromatic heterocycles. The van der Waals surface area contributed by atoms with Crippen LogP contribution >= 0.6 is 0 Å². The number of carbonyl (C=O) groups is 2. The van der Waals surface area contributed by atoms with Crippen LogP contribution in [0, 0.1) is 6.92 Å². The van der Waals surface area contributed by atoms with Gasteiger partial charge >= 0.3 is 6.03 Å². The van der Waals surface area contributed by atoms with E-state index in [2.05, 4.69) is 10.2 Å². The first-order valence-electron chi connectivity index (χ1n) is 13.3. The second kappa shape index (κ2) is 12.9. The Kier molecular flexibility index (Phi) is 9.36. The maximum atomic E-state index is 13.8. The molecule has 0 radical (unpaired) electrons. The third-order valence-corrected chi connectivity index (χ3v) is 6.85. The molecule has 2 aliphatic heterocycles. The highest BCUT2D eigenvalue weighted by molar-refractivity contribution is 6.03. The SMILES string of the molecule is COc1cccc(C2=NN(C(=O)CN(CCN3CCOCC3)C(=O)NC(C)C)C(c3ccc(C)cc3)C2)c1. The van der Waals surface area contributed by atoms with E-state index >= 15 is 0 Å². The van der Waals surface area contributed by atoms with Gasteiger partial charge in [-0.3, -0.25) is 9.69 Å². The lowest BCUT2D eigenvalue weighted by atomic mass is 9.97. The summed E-state index contributed by atoms with van der Waals surface area (Å²) in [6, 6.07) is 15.4. The van der Waals surface area contributed by atoms with Crippen molar-refractivity contribution in [1.29, 1.82) is 0 Å². The van der Waals surface area contributed by atoms with Gasteiger partial charge in [0.05, 0.1) is 32.1 Å². The van der Waals surface area contributed by atoms with Gasteiger partial charge in [-0.1, -0.05) is 42.0 Å². The number of rotatable bonds is 9. The summed E-state index contributed by atoms with van der Waals surface area (Å²) in [7, 11) is 1.63. The monoisotopic (exact) mass is 521 g/mol. The van der Waals surface area contributed by atoms with E-state index < -0.39 is 0 Å². The molecular weight excluding hydrogens is 482 g/mol. The van der Waals surface area contributed by atoms with Crippen LogP contribution in [-0.4, -0.2) is 91.5 Å². The van der Waals surface area contributed by atoms with E-state index in [1.165, 1.54) is 0 Å². The predicted octanol–water partition coefficient (Wildman–Crippen LogP) is 3.43. The fraction of sp³-hybridized carbons (Fsp3) is 0.483. The molecule has 204 valence electrons. The van der Waals surface area contributed by atoms with Crippen LogP contribution in [0.15, 0.2) is 53.6 Å². The van der Waals surface area contributed by atoms with Gasteiger partial charge in [0.2, 0.25) is 0 Å². The number of hydrogen-bond acceptors (Lipinski definition) is 6. The average Bonchev–Trinajstić information content (AvgIpc) is 3.37. The van der Waals surface area contributed by atoms with Crippen molar-refractivity contribution >= 4 is 17.6 Å². The van der Waals surface area contributed by atoms with Crippen LogP contribution in [0.1, 0.15) is 43.0 Å². The minimum Gasteiger partial charge on any atom is -0.497 e.